The molecular weight excluding hydrogens is 420 g/mol. The number of nitrogens with one attached hydrogen (secondary N) is 3. The van der Waals surface area contributed by atoms with Gasteiger partial charge in [-0.15, -0.1) is 0 Å². The number of aromatic amines is 1. The molecule has 0 aliphatic rings. The summed E-state index contributed by atoms with van der Waals surface area (Å²) < 4.78 is 11.2. The first-order valence-electron chi connectivity index (χ1n) is 11.3. The maximum absolute atomic E-state index is 12.9. The van der Waals surface area contributed by atoms with Crippen LogP contribution in [-0.2, 0) is 16.0 Å². The van der Waals surface area contributed by atoms with Gasteiger partial charge in [0.05, 0.1) is 30.7 Å². The summed E-state index contributed by atoms with van der Waals surface area (Å²) in [6.07, 6.45) is 0.629. The van der Waals surface area contributed by atoms with Gasteiger partial charge in [-0.25, -0.2) is 4.98 Å². The number of fused-ring (bicyclic) bond motifs is 1. The van der Waals surface area contributed by atoms with Crippen molar-refractivity contribution >= 4 is 28.8 Å². The second-order valence-corrected chi connectivity index (χ2v) is 8.17. The van der Waals surface area contributed by atoms with Gasteiger partial charge < -0.3 is 19.8 Å². The normalized spacial score (nSPS) is 11.9. The Labute approximate surface area is 194 Å². The number of hydrogen-bond donors (Lipinski definition) is 3. The highest BCUT2D eigenvalue weighted by atomic mass is 16.5. The number of imidazole rings is 1. The van der Waals surface area contributed by atoms with Gasteiger partial charge in [0, 0.05) is 0 Å². The molecule has 0 bridgehead atoms. The first kappa shape index (κ1) is 24.1. The number of aromatic nitrogens is 2. The lowest BCUT2D eigenvalue weighted by molar-refractivity contribution is -0.126. The van der Waals surface area contributed by atoms with Crippen molar-refractivity contribution in [3.8, 4) is 11.5 Å². The van der Waals surface area contributed by atoms with Gasteiger partial charge >= 0.3 is 0 Å². The van der Waals surface area contributed by atoms with E-state index in [1.165, 1.54) is 0 Å². The molecule has 0 radical (unpaired) electrons. The van der Waals surface area contributed by atoms with Crippen LogP contribution in [0.2, 0.25) is 0 Å². The van der Waals surface area contributed by atoms with E-state index in [0.717, 1.165) is 16.6 Å². The number of benzene rings is 2. The van der Waals surface area contributed by atoms with Crippen LogP contribution in [0.1, 0.15) is 39.7 Å². The SMILES string of the molecule is CCOc1ccc(CC(=O)N[C@H](CC(C)C)C(=O)Nc2nc3ccccc3[nH]2)cc1OCC. The van der Waals surface area contributed by atoms with Gasteiger partial charge in [-0.05, 0) is 56.0 Å². The van der Waals surface area contributed by atoms with Gasteiger partial charge in [0.25, 0.3) is 0 Å². The van der Waals surface area contributed by atoms with Crippen molar-refractivity contribution in [3.05, 3.63) is 48.0 Å². The molecule has 0 saturated heterocycles. The lowest BCUT2D eigenvalue weighted by Gasteiger charge is -2.20. The Morgan fingerprint density at radius 1 is 1.03 bits per heavy atom. The Balaban J connectivity index is 1.68. The maximum Gasteiger partial charge on any atom is 0.249 e. The number of hydrogen-bond acceptors (Lipinski definition) is 5. The number of rotatable bonds is 11. The first-order chi connectivity index (χ1) is 15.9. The molecule has 1 heterocycles. The number of carbonyl (C=O) groups excluding carboxylic acids is 2. The maximum atomic E-state index is 12.9. The average molecular weight is 453 g/mol. The molecule has 1 aromatic heterocycles. The van der Waals surface area contributed by atoms with Gasteiger partial charge in [-0.3, -0.25) is 14.9 Å². The summed E-state index contributed by atoms with van der Waals surface area (Å²) >= 11 is 0. The van der Waals surface area contributed by atoms with Gasteiger partial charge in [0.15, 0.2) is 11.5 Å². The van der Waals surface area contributed by atoms with Crippen LogP contribution in [0, 0.1) is 5.92 Å². The first-order valence-corrected chi connectivity index (χ1v) is 11.3. The smallest absolute Gasteiger partial charge is 0.249 e. The number of para-hydroxylation sites is 2. The fourth-order valence-corrected chi connectivity index (χ4v) is 3.55. The van der Waals surface area contributed by atoms with E-state index in [0.29, 0.717) is 37.1 Å². The molecule has 8 heteroatoms. The fraction of sp³-hybridized carbons (Fsp3) is 0.400. The van der Waals surface area contributed by atoms with Crippen LogP contribution < -0.4 is 20.1 Å². The Bertz CT molecular complexity index is 1060. The van der Waals surface area contributed by atoms with Crippen LogP contribution in [0.3, 0.4) is 0 Å². The van der Waals surface area contributed by atoms with E-state index in [9.17, 15) is 9.59 Å². The molecule has 176 valence electrons. The van der Waals surface area contributed by atoms with E-state index >= 15 is 0 Å². The third kappa shape index (κ3) is 6.71. The number of carbonyl (C=O) groups is 2. The second kappa shape index (κ2) is 11.4. The molecule has 0 unspecified atom stereocenters. The molecule has 0 aliphatic heterocycles. The lowest BCUT2D eigenvalue weighted by Crippen LogP contribution is -2.45. The third-order valence-electron chi connectivity index (χ3n) is 4.96. The van der Waals surface area contributed by atoms with Crippen molar-refractivity contribution in [2.45, 2.75) is 46.6 Å². The summed E-state index contributed by atoms with van der Waals surface area (Å²) in [5.74, 6) is 1.27. The molecule has 3 N–H and O–H groups in total. The van der Waals surface area contributed by atoms with Crippen LogP contribution in [0.4, 0.5) is 5.95 Å². The molecule has 3 aromatic rings. The average Bonchev–Trinajstić information content (AvgIpc) is 3.17. The topological polar surface area (TPSA) is 105 Å². The lowest BCUT2D eigenvalue weighted by atomic mass is 10.0. The van der Waals surface area contributed by atoms with E-state index < -0.39 is 6.04 Å². The summed E-state index contributed by atoms with van der Waals surface area (Å²) in [4.78, 5) is 33.2. The number of ether oxygens (including phenoxy) is 2. The van der Waals surface area contributed by atoms with E-state index in [2.05, 4.69) is 20.6 Å². The largest absolute Gasteiger partial charge is 0.490 e. The van der Waals surface area contributed by atoms with E-state index in [-0.39, 0.29) is 24.2 Å². The second-order valence-electron chi connectivity index (χ2n) is 8.17. The number of anilines is 1. The highest BCUT2D eigenvalue weighted by Gasteiger charge is 2.23. The third-order valence-corrected chi connectivity index (χ3v) is 4.96. The van der Waals surface area contributed by atoms with Crippen molar-refractivity contribution < 1.29 is 19.1 Å². The number of amides is 2. The minimum atomic E-state index is -0.681. The molecule has 0 saturated carbocycles. The molecular formula is C25H32N4O4. The van der Waals surface area contributed by atoms with Gasteiger partial charge in [-0.2, -0.15) is 0 Å². The van der Waals surface area contributed by atoms with Crippen molar-refractivity contribution in [2.75, 3.05) is 18.5 Å². The van der Waals surface area contributed by atoms with Crippen LogP contribution in [-0.4, -0.2) is 41.0 Å². The quantitative estimate of drug-likeness (QED) is 0.407. The molecule has 0 aliphatic carbocycles. The van der Waals surface area contributed by atoms with Gasteiger partial charge in [0.1, 0.15) is 6.04 Å². The van der Waals surface area contributed by atoms with Crippen LogP contribution in [0.25, 0.3) is 11.0 Å². The summed E-state index contributed by atoms with van der Waals surface area (Å²) in [6.45, 7) is 8.84. The highest BCUT2D eigenvalue weighted by Crippen LogP contribution is 2.28. The molecule has 2 aromatic carbocycles. The van der Waals surface area contributed by atoms with Crippen molar-refractivity contribution in [1.82, 2.24) is 15.3 Å². The Kier molecular flexibility index (Phi) is 8.29. The van der Waals surface area contributed by atoms with Gasteiger partial charge in [-0.1, -0.05) is 32.0 Å². The zero-order valence-electron chi connectivity index (χ0n) is 19.6. The zero-order chi connectivity index (χ0) is 23.8. The minimum absolute atomic E-state index is 0.124. The van der Waals surface area contributed by atoms with Crippen molar-refractivity contribution in [1.29, 1.82) is 0 Å². The predicted molar refractivity (Wildman–Crippen MR) is 129 cm³/mol. The van der Waals surface area contributed by atoms with E-state index in [4.69, 9.17) is 9.47 Å². The summed E-state index contributed by atoms with van der Waals surface area (Å²) in [5, 5.41) is 5.67. The molecule has 0 spiro atoms. The van der Waals surface area contributed by atoms with Gasteiger partial charge in [0.2, 0.25) is 17.8 Å². The summed E-state index contributed by atoms with van der Waals surface area (Å²) in [5.41, 5.74) is 2.37. The molecule has 0 fully saturated rings. The monoisotopic (exact) mass is 452 g/mol. The van der Waals surface area contributed by atoms with Crippen LogP contribution >= 0.6 is 0 Å². The Hall–Kier alpha value is -3.55. The molecule has 2 amide bonds. The van der Waals surface area contributed by atoms with Crippen LogP contribution in [0.15, 0.2) is 42.5 Å². The van der Waals surface area contributed by atoms with E-state index in [1.807, 2.05) is 58.0 Å². The molecule has 1 atom stereocenters. The fourth-order valence-electron chi connectivity index (χ4n) is 3.55. The molecule has 33 heavy (non-hydrogen) atoms. The van der Waals surface area contributed by atoms with Crippen LogP contribution in [0.5, 0.6) is 11.5 Å². The number of nitrogens with zero attached hydrogens (tertiary/aromatic N) is 1. The summed E-state index contributed by atoms with van der Waals surface area (Å²) in [7, 11) is 0. The predicted octanol–water partition coefficient (Wildman–Crippen LogP) is 4.07. The van der Waals surface area contributed by atoms with E-state index in [1.54, 1.807) is 12.1 Å². The minimum Gasteiger partial charge on any atom is -0.490 e. The highest BCUT2D eigenvalue weighted by molar-refractivity contribution is 5.97. The zero-order valence-corrected chi connectivity index (χ0v) is 19.6. The van der Waals surface area contributed by atoms with Crippen molar-refractivity contribution in [3.63, 3.8) is 0 Å². The summed E-state index contributed by atoms with van der Waals surface area (Å²) in [6, 6.07) is 12.3. The molecule has 3 rings (SSSR count). The molecule has 8 nitrogen and oxygen atoms in total. The van der Waals surface area contributed by atoms with Crippen molar-refractivity contribution in [2.24, 2.45) is 5.92 Å². The Morgan fingerprint density at radius 2 is 1.76 bits per heavy atom. The standard InChI is InChI=1S/C25H32N4O4/c1-5-32-21-12-11-17(14-22(21)33-6-2)15-23(30)26-20(13-16(3)4)24(31)29-25-27-18-9-7-8-10-19(18)28-25/h7-12,14,16,20H,5-6,13,15H2,1-4H3,(H,26,30)(H2,27,28,29,31)/t20-/m1/s1. The Morgan fingerprint density at radius 3 is 2.45 bits per heavy atom. The number of H-pyrrole nitrogens is 1.